The van der Waals surface area contributed by atoms with E-state index in [1.54, 1.807) is 11.8 Å². The molecule has 1 aromatic rings. The predicted molar refractivity (Wildman–Crippen MR) is 84.8 cm³/mol. The Balaban J connectivity index is 2.65. The van der Waals surface area contributed by atoms with Gasteiger partial charge in [0.2, 0.25) is 0 Å². The number of carbonyl (C=O) groups is 1. The van der Waals surface area contributed by atoms with Gasteiger partial charge in [0.25, 0.3) is 0 Å². The Kier molecular flexibility index (Phi) is 6.58. The third kappa shape index (κ3) is 7.19. The zero-order chi connectivity index (χ0) is 15.0. The number of hydrogen-bond acceptors (Lipinski definition) is 4. The third-order valence-electron chi connectivity index (χ3n) is 2.36. The molecular weight excluding hydrogens is 272 g/mol. The van der Waals surface area contributed by atoms with Crippen LogP contribution in [0.2, 0.25) is 0 Å². The fourth-order valence-corrected chi connectivity index (χ4v) is 2.59. The van der Waals surface area contributed by atoms with Crippen molar-refractivity contribution in [1.29, 1.82) is 0 Å². The first-order chi connectivity index (χ1) is 9.40. The highest BCUT2D eigenvalue weighted by atomic mass is 32.2. The second-order valence-corrected chi connectivity index (χ2v) is 6.67. The van der Waals surface area contributed by atoms with Crippen molar-refractivity contribution < 1.29 is 9.63 Å². The van der Waals surface area contributed by atoms with Gasteiger partial charge in [-0.15, -0.1) is 11.8 Å². The van der Waals surface area contributed by atoms with Crippen molar-refractivity contribution in [3.8, 4) is 0 Å². The molecule has 0 aliphatic rings. The molecule has 0 aliphatic carbocycles. The molecule has 0 fully saturated rings. The van der Waals surface area contributed by atoms with Crippen LogP contribution in [0, 0.1) is 5.41 Å². The van der Waals surface area contributed by atoms with Crippen LogP contribution in [-0.4, -0.2) is 18.2 Å². The van der Waals surface area contributed by atoms with E-state index in [9.17, 15) is 4.79 Å². The van der Waals surface area contributed by atoms with Gasteiger partial charge < -0.3 is 5.32 Å². The van der Waals surface area contributed by atoms with E-state index < -0.39 is 6.09 Å². The van der Waals surface area contributed by atoms with Gasteiger partial charge in [0.1, 0.15) is 5.04 Å². The van der Waals surface area contributed by atoms with E-state index in [1.807, 2.05) is 18.2 Å². The van der Waals surface area contributed by atoms with E-state index in [1.165, 1.54) is 12.6 Å². The molecule has 0 heterocycles. The van der Waals surface area contributed by atoms with Gasteiger partial charge >= 0.3 is 6.09 Å². The highest BCUT2D eigenvalue weighted by molar-refractivity contribution is 8.13. The van der Waals surface area contributed by atoms with E-state index in [-0.39, 0.29) is 5.41 Å². The van der Waals surface area contributed by atoms with Crippen LogP contribution in [0.25, 0.3) is 0 Å². The summed E-state index contributed by atoms with van der Waals surface area (Å²) in [6, 6.07) is 10.2. The van der Waals surface area contributed by atoms with E-state index in [2.05, 4.69) is 43.4 Å². The van der Waals surface area contributed by atoms with Crippen molar-refractivity contribution in [1.82, 2.24) is 5.32 Å². The first kappa shape index (κ1) is 16.6. The van der Waals surface area contributed by atoms with Crippen molar-refractivity contribution in [2.45, 2.75) is 32.9 Å². The topological polar surface area (TPSA) is 50.7 Å². The molecule has 5 heteroatoms. The largest absolute Gasteiger partial charge is 0.433 e. The predicted octanol–water partition coefficient (Wildman–Crippen LogP) is 4.03. The van der Waals surface area contributed by atoms with Crippen LogP contribution in [0.5, 0.6) is 0 Å². The van der Waals surface area contributed by atoms with Crippen LogP contribution in [0.15, 0.2) is 35.5 Å². The SMILES string of the molecule is CNC(=O)ON=C(CC(C)(C)C)SCc1ccccc1. The van der Waals surface area contributed by atoms with Crippen LogP contribution in [0.1, 0.15) is 32.8 Å². The van der Waals surface area contributed by atoms with Crippen molar-refractivity contribution in [3.05, 3.63) is 35.9 Å². The van der Waals surface area contributed by atoms with Gasteiger partial charge in [-0.05, 0) is 11.0 Å². The van der Waals surface area contributed by atoms with Crippen molar-refractivity contribution >= 4 is 22.9 Å². The highest BCUT2D eigenvalue weighted by Gasteiger charge is 2.16. The average Bonchev–Trinajstić information content (AvgIpc) is 2.41. The fourth-order valence-electron chi connectivity index (χ4n) is 1.44. The second kappa shape index (κ2) is 7.94. The molecule has 1 amide bonds. The summed E-state index contributed by atoms with van der Waals surface area (Å²) in [5, 5.41) is 7.17. The first-order valence-corrected chi connectivity index (χ1v) is 7.51. The zero-order valence-corrected chi connectivity index (χ0v) is 13.3. The maximum absolute atomic E-state index is 11.1. The van der Waals surface area contributed by atoms with Crippen molar-refractivity contribution in [3.63, 3.8) is 0 Å². The number of rotatable bonds is 4. The standard InChI is InChI=1S/C15H22N2O2S/c1-15(2,3)10-13(17-19-14(18)16-4)20-11-12-8-6-5-7-9-12/h5-9H,10-11H2,1-4H3,(H,16,18). The van der Waals surface area contributed by atoms with E-state index in [0.29, 0.717) is 0 Å². The lowest BCUT2D eigenvalue weighted by Gasteiger charge is -2.18. The lowest BCUT2D eigenvalue weighted by atomic mass is 9.93. The number of carbonyl (C=O) groups excluding carboxylic acids is 1. The number of amides is 1. The Morgan fingerprint density at radius 3 is 2.50 bits per heavy atom. The van der Waals surface area contributed by atoms with Crippen LogP contribution in [-0.2, 0) is 10.6 Å². The van der Waals surface area contributed by atoms with E-state index in [4.69, 9.17) is 4.84 Å². The minimum atomic E-state index is -0.545. The normalized spacial score (nSPS) is 12.1. The summed E-state index contributed by atoms with van der Waals surface area (Å²) in [4.78, 5) is 15.9. The molecule has 0 saturated carbocycles. The number of nitrogens with one attached hydrogen (secondary N) is 1. The molecule has 0 saturated heterocycles. The summed E-state index contributed by atoms with van der Waals surface area (Å²) in [5.41, 5.74) is 1.31. The lowest BCUT2D eigenvalue weighted by Crippen LogP contribution is -2.18. The van der Waals surface area contributed by atoms with Gasteiger partial charge in [-0.1, -0.05) is 56.3 Å². The Morgan fingerprint density at radius 1 is 1.30 bits per heavy atom. The first-order valence-electron chi connectivity index (χ1n) is 6.53. The molecule has 20 heavy (non-hydrogen) atoms. The summed E-state index contributed by atoms with van der Waals surface area (Å²) >= 11 is 1.60. The van der Waals surface area contributed by atoms with Crippen molar-refractivity contribution in [2.75, 3.05) is 7.05 Å². The summed E-state index contributed by atoms with van der Waals surface area (Å²) in [5.74, 6) is 0.812. The lowest BCUT2D eigenvalue weighted by molar-refractivity contribution is 0.153. The van der Waals surface area contributed by atoms with Gasteiger partial charge in [-0.3, -0.25) is 4.84 Å². The van der Waals surface area contributed by atoms with Crippen LogP contribution in [0.3, 0.4) is 0 Å². The molecule has 0 unspecified atom stereocenters. The smallest absolute Gasteiger partial charge is 0.323 e. The number of hydrogen-bond donors (Lipinski definition) is 1. The van der Waals surface area contributed by atoms with Crippen LogP contribution < -0.4 is 5.32 Å². The van der Waals surface area contributed by atoms with E-state index in [0.717, 1.165) is 17.2 Å². The maximum Gasteiger partial charge on any atom is 0.433 e. The average molecular weight is 294 g/mol. The van der Waals surface area contributed by atoms with Crippen LogP contribution >= 0.6 is 11.8 Å². The third-order valence-corrected chi connectivity index (χ3v) is 3.39. The fraction of sp³-hybridized carbons (Fsp3) is 0.467. The molecule has 1 rings (SSSR count). The Hall–Kier alpha value is -1.49. The van der Waals surface area contributed by atoms with Gasteiger partial charge in [-0.25, -0.2) is 4.79 Å². The minimum Gasteiger partial charge on any atom is -0.323 e. The van der Waals surface area contributed by atoms with Gasteiger partial charge in [0.15, 0.2) is 0 Å². The summed E-state index contributed by atoms with van der Waals surface area (Å²) in [7, 11) is 1.51. The molecule has 0 atom stereocenters. The molecular formula is C15H22N2O2S. The quantitative estimate of drug-likeness (QED) is 0.395. The number of thioether (sulfide) groups is 1. The monoisotopic (exact) mass is 294 g/mol. The molecule has 0 aliphatic heterocycles. The number of oxime groups is 1. The second-order valence-electron chi connectivity index (χ2n) is 5.63. The van der Waals surface area contributed by atoms with Crippen molar-refractivity contribution in [2.24, 2.45) is 10.6 Å². The Labute approximate surface area is 125 Å². The molecule has 4 nitrogen and oxygen atoms in total. The zero-order valence-electron chi connectivity index (χ0n) is 12.5. The van der Waals surface area contributed by atoms with Gasteiger partial charge in [0, 0.05) is 19.2 Å². The van der Waals surface area contributed by atoms with E-state index >= 15 is 0 Å². The number of benzene rings is 1. The Bertz CT molecular complexity index is 453. The van der Waals surface area contributed by atoms with Crippen LogP contribution in [0.4, 0.5) is 4.79 Å². The molecule has 1 aromatic carbocycles. The Morgan fingerprint density at radius 2 is 1.95 bits per heavy atom. The minimum absolute atomic E-state index is 0.0918. The maximum atomic E-state index is 11.1. The summed E-state index contributed by atoms with van der Waals surface area (Å²) < 4.78 is 0. The summed E-state index contributed by atoms with van der Waals surface area (Å²) in [6.45, 7) is 6.39. The molecule has 0 bridgehead atoms. The van der Waals surface area contributed by atoms with Gasteiger partial charge in [-0.2, -0.15) is 0 Å². The summed E-state index contributed by atoms with van der Waals surface area (Å²) in [6.07, 6.45) is 0.221. The molecule has 0 aromatic heterocycles. The van der Waals surface area contributed by atoms with Gasteiger partial charge in [0.05, 0.1) is 0 Å². The molecule has 0 spiro atoms. The molecule has 0 radical (unpaired) electrons. The highest BCUT2D eigenvalue weighted by Crippen LogP contribution is 2.26. The number of nitrogens with zero attached hydrogens (tertiary/aromatic N) is 1. The molecule has 1 N–H and O–H groups in total. The molecule has 110 valence electrons.